The summed E-state index contributed by atoms with van der Waals surface area (Å²) in [5.41, 5.74) is 4.48. The molecule has 0 saturated heterocycles. The lowest BCUT2D eigenvalue weighted by Crippen LogP contribution is -2.17. The molecule has 0 spiro atoms. The monoisotopic (exact) mass is 392 g/mol. The van der Waals surface area contributed by atoms with Gasteiger partial charge in [0.05, 0.1) is 15.9 Å². The van der Waals surface area contributed by atoms with Gasteiger partial charge in [-0.25, -0.2) is 4.98 Å². The lowest BCUT2D eigenvalue weighted by Gasteiger charge is -2.07. The normalized spacial score (nSPS) is 13.2. The van der Waals surface area contributed by atoms with Gasteiger partial charge in [0.2, 0.25) is 5.13 Å². The highest BCUT2D eigenvalue weighted by Gasteiger charge is 2.26. The molecule has 3 heterocycles. The molecule has 5 rings (SSSR count). The fraction of sp³-hybridized carbons (Fsp3) is 0.300. The van der Waals surface area contributed by atoms with E-state index < -0.39 is 0 Å². The van der Waals surface area contributed by atoms with E-state index in [2.05, 4.69) is 10.4 Å². The van der Waals surface area contributed by atoms with E-state index in [1.54, 1.807) is 16.0 Å². The number of fused-ring (bicyclic) bond motifs is 2. The van der Waals surface area contributed by atoms with Gasteiger partial charge in [-0.05, 0) is 51.3 Å². The van der Waals surface area contributed by atoms with Crippen LogP contribution in [-0.4, -0.2) is 30.5 Å². The van der Waals surface area contributed by atoms with Crippen LogP contribution in [0.5, 0.6) is 0 Å². The van der Waals surface area contributed by atoms with E-state index in [-0.39, 0.29) is 5.91 Å². The Kier molecular flexibility index (Phi) is 4.01. The van der Waals surface area contributed by atoms with Gasteiger partial charge in [0.15, 0.2) is 5.69 Å². The SMILES string of the molecule is CCn1nc(C(=O)Nc2c3c(nn2-c2nc4ccccc4s2)CCC3)cc1C. The van der Waals surface area contributed by atoms with Gasteiger partial charge < -0.3 is 5.32 Å². The zero-order valence-electron chi connectivity index (χ0n) is 15.8. The Bertz CT molecular complexity index is 1170. The number of rotatable bonds is 4. The number of benzene rings is 1. The van der Waals surface area contributed by atoms with Crippen LogP contribution in [0.1, 0.15) is 40.8 Å². The molecule has 7 nitrogen and oxygen atoms in total. The maximum absolute atomic E-state index is 12.9. The van der Waals surface area contributed by atoms with E-state index in [0.717, 1.165) is 63.9 Å². The van der Waals surface area contributed by atoms with Gasteiger partial charge in [0.1, 0.15) is 5.82 Å². The first kappa shape index (κ1) is 17.1. The summed E-state index contributed by atoms with van der Waals surface area (Å²) in [6, 6.07) is 9.83. The summed E-state index contributed by atoms with van der Waals surface area (Å²) in [5.74, 6) is 0.507. The number of carbonyl (C=O) groups excluding carboxylic acids is 1. The van der Waals surface area contributed by atoms with Crippen LogP contribution < -0.4 is 5.32 Å². The first-order chi connectivity index (χ1) is 13.6. The number of anilines is 1. The molecular formula is C20H20N6OS. The van der Waals surface area contributed by atoms with Crippen LogP contribution in [0.15, 0.2) is 30.3 Å². The second-order valence-electron chi connectivity index (χ2n) is 6.94. The van der Waals surface area contributed by atoms with Gasteiger partial charge in [-0.1, -0.05) is 23.5 Å². The molecule has 0 atom stereocenters. The Balaban J connectivity index is 1.56. The van der Waals surface area contributed by atoms with Crippen LogP contribution in [0.25, 0.3) is 15.3 Å². The standard InChI is InChI=1S/C20H20N6OS/c1-3-25-12(2)11-16(23-25)19(27)22-18-13-7-6-9-14(13)24-26(18)20-21-15-8-4-5-10-17(15)28-20/h4-5,8,10-11H,3,6-7,9H2,1-2H3,(H,22,27). The molecule has 0 saturated carbocycles. The van der Waals surface area contributed by atoms with E-state index >= 15 is 0 Å². The molecule has 0 fully saturated rings. The molecule has 4 aromatic rings. The molecule has 142 valence electrons. The predicted molar refractivity (Wildman–Crippen MR) is 109 cm³/mol. The molecule has 0 radical (unpaired) electrons. The average molecular weight is 392 g/mol. The highest BCUT2D eigenvalue weighted by molar-refractivity contribution is 7.20. The van der Waals surface area contributed by atoms with Crippen molar-refractivity contribution in [3.05, 3.63) is 53.0 Å². The topological polar surface area (TPSA) is 77.6 Å². The van der Waals surface area contributed by atoms with Crippen molar-refractivity contribution in [1.82, 2.24) is 24.5 Å². The summed E-state index contributed by atoms with van der Waals surface area (Å²) < 4.78 is 4.71. The summed E-state index contributed by atoms with van der Waals surface area (Å²) in [6.07, 6.45) is 2.91. The lowest BCUT2D eigenvalue weighted by molar-refractivity contribution is 0.102. The number of aromatic nitrogens is 5. The average Bonchev–Trinajstić information content (AvgIpc) is 3.44. The largest absolute Gasteiger partial charge is 0.305 e. The van der Waals surface area contributed by atoms with Crippen molar-refractivity contribution >= 4 is 33.3 Å². The van der Waals surface area contributed by atoms with E-state index in [4.69, 9.17) is 10.1 Å². The number of carbonyl (C=O) groups is 1. The molecule has 8 heteroatoms. The number of para-hydroxylation sites is 1. The van der Waals surface area contributed by atoms with Crippen LogP contribution in [0.3, 0.4) is 0 Å². The van der Waals surface area contributed by atoms with Crippen LogP contribution in [0, 0.1) is 6.92 Å². The number of thiazole rings is 1. The minimum atomic E-state index is -0.215. The van der Waals surface area contributed by atoms with E-state index in [1.165, 1.54) is 0 Å². The van der Waals surface area contributed by atoms with Gasteiger partial charge in [0, 0.05) is 17.8 Å². The Hall–Kier alpha value is -3.00. The van der Waals surface area contributed by atoms with E-state index in [9.17, 15) is 4.79 Å². The Labute approximate surface area is 166 Å². The van der Waals surface area contributed by atoms with Crippen molar-refractivity contribution in [3.8, 4) is 5.13 Å². The van der Waals surface area contributed by atoms with Gasteiger partial charge >= 0.3 is 0 Å². The van der Waals surface area contributed by atoms with E-state index in [0.29, 0.717) is 5.69 Å². The van der Waals surface area contributed by atoms with Crippen LogP contribution in [0.4, 0.5) is 5.82 Å². The molecule has 1 aliphatic rings. The van der Waals surface area contributed by atoms with Gasteiger partial charge in [-0.3, -0.25) is 9.48 Å². The molecule has 0 bridgehead atoms. The Morgan fingerprint density at radius 3 is 2.89 bits per heavy atom. The molecule has 3 aromatic heterocycles. The molecule has 1 aliphatic carbocycles. The van der Waals surface area contributed by atoms with Gasteiger partial charge in [-0.15, -0.1) is 0 Å². The Morgan fingerprint density at radius 1 is 1.25 bits per heavy atom. The molecule has 0 aliphatic heterocycles. The molecule has 1 aromatic carbocycles. The molecule has 1 amide bonds. The number of nitrogens with zero attached hydrogens (tertiary/aromatic N) is 5. The fourth-order valence-corrected chi connectivity index (χ4v) is 4.65. The quantitative estimate of drug-likeness (QED) is 0.574. The zero-order valence-corrected chi connectivity index (χ0v) is 16.6. The van der Waals surface area contributed by atoms with Crippen molar-refractivity contribution in [1.29, 1.82) is 0 Å². The second kappa shape index (κ2) is 6.56. The summed E-state index contributed by atoms with van der Waals surface area (Å²) >= 11 is 1.57. The number of aryl methyl sites for hydroxylation is 3. The van der Waals surface area contributed by atoms with Gasteiger partial charge in [-0.2, -0.15) is 14.9 Å². The van der Waals surface area contributed by atoms with Gasteiger partial charge in [0.25, 0.3) is 5.91 Å². The lowest BCUT2D eigenvalue weighted by atomic mass is 10.2. The predicted octanol–water partition coefficient (Wildman–Crippen LogP) is 3.75. The van der Waals surface area contributed by atoms with Crippen LogP contribution in [-0.2, 0) is 19.4 Å². The second-order valence-corrected chi connectivity index (χ2v) is 7.95. The zero-order chi connectivity index (χ0) is 19.3. The minimum Gasteiger partial charge on any atom is -0.305 e. The summed E-state index contributed by atoms with van der Waals surface area (Å²) in [5, 5.41) is 13.0. The number of hydrogen-bond acceptors (Lipinski definition) is 5. The minimum absolute atomic E-state index is 0.215. The van der Waals surface area contributed by atoms with Crippen molar-refractivity contribution in [2.45, 2.75) is 39.7 Å². The summed E-state index contributed by atoms with van der Waals surface area (Å²) in [6.45, 7) is 4.70. The van der Waals surface area contributed by atoms with Crippen molar-refractivity contribution < 1.29 is 4.79 Å². The van der Waals surface area contributed by atoms with Crippen molar-refractivity contribution in [3.63, 3.8) is 0 Å². The van der Waals surface area contributed by atoms with Crippen molar-refractivity contribution in [2.75, 3.05) is 5.32 Å². The first-order valence-electron chi connectivity index (χ1n) is 9.46. The summed E-state index contributed by atoms with van der Waals surface area (Å²) in [7, 11) is 0. The third-order valence-corrected chi connectivity index (χ3v) is 6.13. The maximum atomic E-state index is 12.9. The molecule has 28 heavy (non-hydrogen) atoms. The van der Waals surface area contributed by atoms with Crippen LogP contribution >= 0.6 is 11.3 Å². The fourth-order valence-electron chi connectivity index (χ4n) is 3.72. The smallest absolute Gasteiger partial charge is 0.277 e. The van der Waals surface area contributed by atoms with Crippen molar-refractivity contribution in [2.24, 2.45) is 0 Å². The van der Waals surface area contributed by atoms with Crippen LogP contribution in [0.2, 0.25) is 0 Å². The Morgan fingerprint density at radius 2 is 2.11 bits per heavy atom. The van der Waals surface area contributed by atoms with E-state index in [1.807, 2.05) is 48.9 Å². The maximum Gasteiger partial charge on any atom is 0.277 e. The molecular weight excluding hydrogens is 372 g/mol. The molecule has 0 unspecified atom stereocenters. The highest BCUT2D eigenvalue weighted by Crippen LogP contribution is 2.33. The number of nitrogens with one attached hydrogen (secondary N) is 1. The number of hydrogen-bond donors (Lipinski definition) is 1. The highest BCUT2D eigenvalue weighted by atomic mass is 32.1. The molecule has 1 N–H and O–H groups in total. The number of amides is 1. The summed E-state index contributed by atoms with van der Waals surface area (Å²) in [4.78, 5) is 17.6. The third-order valence-electron chi connectivity index (χ3n) is 5.12. The first-order valence-corrected chi connectivity index (χ1v) is 10.3. The third kappa shape index (κ3) is 2.72.